The van der Waals surface area contributed by atoms with Crippen LogP contribution in [0.4, 0.5) is 0 Å². The van der Waals surface area contributed by atoms with Crippen molar-refractivity contribution < 1.29 is 9.53 Å². The van der Waals surface area contributed by atoms with Crippen molar-refractivity contribution in [3.05, 3.63) is 36.0 Å². The molecule has 1 amide bonds. The first-order valence-electron chi connectivity index (χ1n) is 7.71. The van der Waals surface area contributed by atoms with Gasteiger partial charge in [-0.2, -0.15) is 0 Å². The number of benzene rings is 1. The summed E-state index contributed by atoms with van der Waals surface area (Å²) in [5.41, 5.74) is 1.56. The van der Waals surface area contributed by atoms with Crippen LogP contribution in [0.5, 0.6) is 5.75 Å². The second-order valence-electron chi connectivity index (χ2n) is 6.49. The first-order valence-corrected chi connectivity index (χ1v) is 8.69. The largest absolute Gasteiger partial charge is 0.497 e. The van der Waals surface area contributed by atoms with Gasteiger partial charge in [-0.25, -0.2) is 9.97 Å². The van der Waals surface area contributed by atoms with Gasteiger partial charge in [0.1, 0.15) is 10.8 Å². The lowest BCUT2D eigenvalue weighted by molar-refractivity contribution is -0.119. The van der Waals surface area contributed by atoms with E-state index in [-0.39, 0.29) is 11.4 Å². The van der Waals surface area contributed by atoms with E-state index in [9.17, 15) is 4.79 Å². The number of ether oxygens (including phenoxy) is 1. The molecule has 0 radical (unpaired) electrons. The van der Waals surface area contributed by atoms with E-state index < -0.39 is 0 Å². The van der Waals surface area contributed by atoms with Crippen molar-refractivity contribution in [1.29, 1.82) is 0 Å². The van der Waals surface area contributed by atoms with Gasteiger partial charge in [-0.3, -0.25) is 4.79 Å². The molecular formula is C18H23N3O2S. The second kappa shape index (κ2) is 7.66. The molecule has 1 heterocycles. The Morgan fingerprint density at radius 3 is 2.46 bits per heavy atom. The summed E-state index contributed by atoms with van der Waals surface area (Å²) in [5.74, 6) is 1.77. The van der Waals surface area contributed by atoms with Crippen LogP contribution >= 0.6 is 11.8 Å². The fourth-order valence-electron chi connectivity index (χ4n) is 2.08. The Labute approximate surface area is 147 Å². The third-order valence-corrected chi connectivity index (χ3v) is 3.96. The molecule has 6 heteroatoms. The zero-order valence-electron chi connectivity index (χ0n) is 14.7. The molecule has 24 heavy (non-hydrogen) atoms. The molecule has 1 aromatic carbocycles. The minimum Gasteiger partial charge on any atom is -0.497 e. The molecule has 0 aliphatic heterocycles. The van der Waals surface area contributed by atoms with Crippen molar-refractivity contribution in [2.24, 2.45) is 0 Å². The number of carbonyl (C=O) groups excluding carboxylic acids is 1. The summed E-state index contributed by atoms with van der Waals surface area (Å²) in [7, 11) is 1.63. The molecule has 1 aromatic heterocycles. The van der Waals surface area contributed by atoms with Crippen LogP contribution in [-0.4, -0.2) is 34.3 Å². The van der Waals surface area contributed by atoms with Crippen LogP contribution in [0, 0.1) is 6.92 Å². The topological polar surface area (TPSA) is 64.1 Å². The maximum Gasteiger partial charge on any atom is 0.230 e. The van der Waals surface area contributed by atoms with Crippen LogP contribution in [-0.2, 0) is 4.79 Å². The first-order chi connectivity index (χ1) is 11.3. The second-order valence-corrected chi connectivity index (χ2v) is 7.48. The Bertz CT molecular complexity index is 709. The number of nitrogens with zero attached hydrogens (tertiary/aromatic N) is 2. The van der Waals surface area contributed by atoms with E-state index >= 15 is 0 Å². The molecule has 0 aliphatic carbocycles. The summed E-state index contributed by atoms with van der Waals surface area (Å²) in [6, 6.07) is 9.50. The SMILES string of the molecule is COc1ccc(-c2nc(C)cc(SCC(=O)NC(C)(C)C)n2)cc1. The molecule has 0 atom stereocenters. The molecule has 2 aromatic rings. The standard InChI is InChI=1S/C18H23N3O2S/c1-12-10-16(24-11-15(22)21-18(2,3)4)20-17(19-12)13-6-8-14(23-5)9-7-13/h6-10H,11H2,1-5H3,(H,21,22). The van der Waals surface area contributed by atoms with Gasteiger partial charge in [0, 0.05) is 16.8 Å². The Morgan fingerprint density at radius 1 is 1.21 bits per heavy atom. The number of hydrogen-bond acceptors (Lipinski definition) is 5. The molecule has 0 spiro atoms. The molecule has 0 fully saturated rings. The third-order valence-electron chi connectivity index (χ3n) is 3.04. The van der Waals surface area contributed by atoms with E-state index in [1.165, 1.54) is 11.8 Å². The van der Waals surface area contributed by atoms with E-state index in [4.69, 9.17) is 4.74 Å². The molecule has 0 bridgehead atoms. The number of methoxy groups -OCH3 is 1. The van der Waals surface area contributed by atoms with E-state index in [1.54, 1.807) is 7.11 Å². The molecular weight excluding hydrogens is 322 g/mol. The van der Waals surface area contributed by atoms with Crippen LogP contribution in [0.3, 0.4) is 0 Å². The zero-order valence-corrected chi connectivity index (χ0v) is 15.5. The van der Waals surface area contributed by atoms with Gasteiger partial charge >= 0.3 is 0 Å². The van der Waals surface area contributed by atoms with Crippen LogP contribution in [0.1, 0.15) is 26.5 Å². The quantitative estimate of drug-likeness (QED) is 0.664. The zero-order chi connectivity index (χ0) is 17.7. The van der Waals surface area contributed by atoms with Gasteiger partial charge in [0.15, 0.2) is 5.82 Å². The minimum absolute atomic E-state index is 0.00485. The van der Waals surface area contributed by atoms with E-state index in [2.05, 4.69) is 15.3 Å². The van der Waals surface area contributed by atoms with Crippen LogP contribution < -0.4 is 10.1 Å². The average molecular weight is 345 g/mol. The van der Waals surface area contributed by atoms with Crippen LogP contribution in [0.15, 0.2) is 35.4 Å². The number of nitrogens with one attached hydrogen (secondary N) is 1. The van der Waals surface area contributed by atoms with Crippen molar-refractivity contribution in [3.63, 3.8) is 0 Å². The Kier molecular flexibility index (Phi) is 5.83. The Hall–Kier alpha value is -2.08. The summed E-state index contributed by atoms with van der Waals surface area (Å²) >= 11 is 1.41. The van der Waals surface area contributed by atoms with E-state index in [1.807, 2.05) is 58.0 Å². The van der Waals surface area contributed by atoms with Crippen molar-refractivity contribution in [3.8, 4) is 17.1 Å². The number of amides is 1. The van der Waals surface area contributed by atoms with Crippen LogP contribution in [0.25, 0.3) is 11.4 Å². The smallest absolute Gasteiger partial charge is 0.230 e. The normalized spacial score (nSPS) is 11.2. The van der Waals surface area contributed by atoms with Crippen LogP contribution in [0.2, 0.25) is 0 Å². The monoisotopic (exact) mass is 345 g/mol. The molecule has 0 saturated heterocycles. The number of thioether (sulfide) groups is 1. The van der Waals surface area contributed by atoms with Crippen molar-refractivity contribution in [2.75, 3.05) is 12.9 Å². The van der Waals surface area contributed by atoms with Crippen molar-refractivity contribution in [2.45, 2.75) is 38.3 Å². The summed E-state index contributed by atoms with van der Waals surface area (Å²) in [6.07, 6.45) is 0. The molecule has 5 nitrogen and oxygen atoms in total. The summed E-state index contributed by atoms with van der Waals surface area (Å²) in [4.78, 5) is 21.0. The predicted molar refractivity (Wildman–Crippen MR) is 97.4 cm³/mol. The molecule has 0 saturated carbocycles. The molecule has 128 valence electrons. The lowest BCUT2D eigenvalue weighted by Gasteiger charge is -2.20. The molecule has 2 rings (SSSR count). The van der Waals surface area contributed by atoms with Gasteiger partial charge in [0.2, 0.25) is 5.91 Å². The molecule has 0 unspecified atom stereocenters. The maximum atomic E-state index is 12.0. The fraction of sp³-hybridized carbons (Fsp3) is 0.389. The van der Waals surface area contributed by atoms with Crippen molar-refractivity contribution >= 4 is 17.7 Å². The highest BCUT2D eigenvalue weighted by Gasteiger charge is 2.14. The van der Waals surface area contributed by atoms with E-state index in [0.717, 1.165) is 22.0 Å². The highest BCUT2D eigenvalue weighted by Crippen LogP contribution is 2.23. The highest BCUT2D eigenvalue weighted by molar-refractivity contribution is 7.99. The van der Waals surface area contributed by atoms with E-state index in [0.29, 0.717) is 11.6 Å². The predicted octanol–water partition coefficient (Wildman–Crippen LogP) is 3.47. The van der Waals surface area contributed by atoms with Gasteiger partial charge in [-0.1, -0.05) is 11.8 Å². The first kappa shape index (κ1) is 18.3. The highest BCUT2D eigenvalue weighted by atomic mass is 32.2. The number of aryl methyl sites for hydroxylation is 1. The van der Waals surface area contributed by atoms with Crippen molar-refractivity contribution in [1.82, 2.24) is 15.3 Å². The Morgan fingerprint density at radius 2 is 1.88 bits per heavy atom. The van der Waals surface area contributed by atoms with Gasteiger partial charge in [-0.15, -0.1) is 0 Å². The molecule has 1 N–H and O–H groups in total. The minimum atomic E-state index is -0.229. The number of carbonyl (C=O) groups is 1. The summed E-state index contributed by atoms with van der Waals surface area (Å²) in [5, 5.41) is 3.74. The lowest BCUT2D eigenvalue weighted by atomic mass is 10.1. The van der Waals surface area contributed by atoms with Gasteiger partial charge in [0.05, 0.1) is 12.9 Å². The number of aromatic nitrogens is 2. The summed E-state index contributed by atoms with van der Waals surface area (Å²) < 4.78 is 5.17. The van der Waals surface area contributed by atoms with Gasteiger partial charge in [0.25, 0.3) is 0 Å². The van der Waals surface area contributed by atoms with Gasteiger partial charge < -0.3 is 10.1 Å². The fourth-order valence-corrected chi connectivity index (χ4v) is 2.83. The lowest BCUT2D eigenvalue weighted by Crippen LogP contribution is -2.41. The molecule has 0 aliphatic rings. The maximum absolute atomic E-state index is 12.0. The summed E-state index contributed by atoms with van der Waals surface area (Å²) in [6.45, 7) is 7.82. The average Bonchev–Trinajstić information content (AvgIpc) is 2.51. The number of hydrogen-bond donors (Lipinski definition) is 1. The Balaban J connectivity index is 2.12. The third kappa shape index (κ3) is 5.53. The van der Waals surface area contributed by atoms with Gasteiger partial charge in [-0.05, 0) is 58.0 Å². The number of rotatable bonds is 5.